The molecule has 2 saturated heterocycles. The van der Waals surface area contributed by atoms with Crippen LogP contribution in [0.4, 0.5) is 16.6 Å². The SMILES string of the molecule is CCN1C(=O)N(Cc2ccccc2)C2(CCN(c3cc(OC)nc(N)n3)CC2)C1=O. The van der Waals surface area contributed by atoms with Gasteiger partial charge in [0.05, 0.1) is 7.11 Å². The average molecular weight is 410 g/mol. The van der Waals surface area contributed by atoms with Crippen molar-refractivity contribution in [2.45, 2.75) is 31.8 Å². The fraction of sp³-hybridized carbons (Fsp3) is 0.429. The maximum absolute atomic E-state index is 13.3. The number of nitrogen functional groups attached to an aromatic ring is 1. The second-order valence-corrected chi connectivity index (χ2v) is 7.55. The zero-order valence-electron chi connectivity index (χ0n) is 17.2. The fourth-order valence-corrected chi connectivity index (χ4v) is 4.33. The molecule has 2 fully saturated rings. The van der Waals surface area contributed by atoms with Crippen molar-refractivity contribution in [3.8, 4) is 5.88 Å². The number of methoxy groups -OCH3 is 1. The molecule has 0 radical (unpaired) electrons. The van der Waals surface area contributed by atoms with E-state index in [4.69, 9.17) is 10.5 Å². The van der Waals surface area contributed by atoms with Crippen molar-refractivity contribution >= 4 is 23.7 Å². The van der Waals surface area contributed by atoms with Gasteiger partial charge >= 0.3 is 6.03 Å². The largest absolute Gasteiger partial charge is 0.481 e. The first-order valence-corrected chi connectivity index (χ1v) is 10.1. The molecule has 4 rings (SSSR count). The Morgan fingerprint density at radius 3 is 2.47 bits per heavy atom. The number of hydrogen-bond acceptors (Lipinski definition) is 7. The number of aromatic nitrogens is 2. The van der Waals surface area contributed by atoms with Crippen LogP contribution in [0.5, 0.6) is 5.88 Å². The predicted molar refractivity (Wildman–Crippen MR) is 112 cm³/mol. The van der Waals surface area contributed by atoms with E-state index in [0.717, 1.165) is 5.56 Å². The van der Waals surface area contributed by atoms with Crippen LogP contribution in [0.3, 0.4) is 0 Å². The third kappa shape index (κ3) is 3.30. The van der Waals surface area contributed by atoms with E-state index in [1.165, 1.54) is 12.0 Å². The topological polar surface area (TPSA) is 105 Å². The van der Waals surface area contributed by atoms with Gasteiger partial charge in [-0.1, -0.05) is 30.3 Å². The monoisotopic (exact) mass is 410 g/mol. The molecule has 2 aliphatic heterocycles. The van der Waals surface area contributed by atoms with Gasteiger partial charge in [0.1, 0.15) is 11.4 Å². The van der Waals surface area contributed by atoms with Crippen LogP contribution in [0, 0.1) is 0 Å². The van der Waals surface area contributed by atoms with Crippen LogP contribution in [0.2, 0.25) is 0 Å². The van der Waals surface area contributed by atoms with Gasteiger partial charge in [-0.3, -0.25) is 9.69 Å². The molecule has 2 aliphatic rings. The fourth-order valence-electron chi connectivity index (χ4n) is 4.33. The summed E-state index contributed by atoms with van der Waals surface area (Å²) in [5.41, 5.74) is 5.97. The summed E-state index contributed by atoms with van der Waals surface area (Å²) in [6.07, 6.45) is 1.04. The number of ether oxygens (including phenoxy) is 1. The molecule has 2 N–H and O–H groups in total. The molecule has 158 valence electrons. The lowest BCUT2D eigenvalue weighted by Crippen LogP contribution is -2.56. The molecule has 3 amide bonds. The van der Waals surface area contributed by atoms with Gasteiger partial charge in [0.25, 0.3) is 5.91 Å². The van der Waals surface area contributed by atoms with Crippen molar-refractivity contribution in [1.82, 2.24) is 19.8 Å². The number of imide groups is 1. The van der Waals surface area contributed by atoms with Crippen LogP contribution in [0.15, 0.2) is 36.4 Å². The number of hydrogen-bond donors (Lipinski definition) is 1. The third-order valence-electron chi connectivity index (χ3n) is 5.95. The Kier molecular flexibility index (Phi) is 5.19. The third-order valence-corrected chi connectivity index (χ3v) is 5.95. The lowest BCUT2D eigenvalue weighted by molar-refractivity contribution is -0.134. The summed E-state index contributed by atoms with van der Waals surface area (Å²) < 4.78 is 5.19. The molecule has 1 spiro atoms. The molecule has 1 aromatic carbocycles. The molecule has 9 heteroatoms. The van der Waals surface area contributed by atoms with Gasteiger partial charge in [-0.2, -0.15) is 9.97 Å². The molecular formula is C21H26N6O3. The van der Waals surface area contributed by atoms with Crippen LogP contribution in [-0.4, -0.2) is 64.0 Å². The van der Waals surface area contributed by atoms with Gasteiger partial charge in [0.15, 0.2) is 0 Å². The molecule has 0 aliphatic carbocycles. The minimum atomic E-state index is -0.831. The highest BCUT2D eigenvalue weighted by atomic mass is 16.5. The van der Waals surface area contributed by atoms with E-state index in [1.807, 2.05) is 37.3 Å². The number of piperidine rings is 1. The number of nitrogens with zero attached hydrogens (tertiary/aromatic N) is 5. The number of urea groups is 1. The van der Waals surface area contributed by atoms with Crippen molar-refractivity contribution in [3.05, 3.63) is 42.0 Å². The quantitative estimate of drug-likeness (QED) is 0.751. The van der Waals surface area contributed by atoms with Gasteiger partial charge in [0, 0.05) is 32.2 Å². The van der Waals surface area contributed by atoms with Gasteiger partial charge in [0.2, 0.25) is 11.8 Å². The summed E-state index contributed by atoms with van der Waals surface area (Å²) in [6, 6.07) is 11.3. The van der Waals surface area contributed by atoms with Crippen LogP contribution in [-0.2, 0) is 11.3 Å². The number of nitrogens with two attached hydrogens (primary N) is 1. The van der Waals surface area contributed by atoms with Crippen molar-refractivity contribution in [2.24, 2.45) is 0 Å². The van der Waals surface area contributed by atoms with E-state index >= 15 is 0 Å². The summed E-state index contributed by atoms with van der Waals surface area (Å²) >= 11 is 0. The Morgan fingerprint density at radius 2 is 1.83 bits per heavy atom. The molecule has 9 nitrogen and oxygen atoms in total. The van der Waals surface area contributed by atoms with E-state index in [9.17, 15) is 9.59 Å². The van der Waals surface area contributed by atoms with E-state index in [2.05, 4.69) is 14.9 Å². The lowest BCUT2D eigenvalue weighted by atomic mass is 9.85. The molecule has 30 heavy (non-hydrogen) atoms. The zero-order chi connectivity index (χ0) is 21.3. The highest BCUT2D eigenvalue weighted by molar-refractivity contribution is 6.07. The lowest BCUT2D eigenvalue weighted by Gasteiger charge is -2.42. The number of carbonyl (C=O) groups is 2. The van der Waals surface area contributed by atoms with Gasteiger partial charge in [-0.15, -0.1) is 0 Å². The van der Waals surface area contributed by atoms with Crippen molar-refractivity contribution in [2.75, 3.05) is 37.4 Å². The van der Waals surface area contributed by atoms with E-state index < -0.39 is 5.54 Å². The summed E-state index contributed by atoms with van der Waals surface area (Å²) in [7, 11) is 1.53. The van der Waals surface area contributed by atoms with Gasteiger partial charge in [-0.05, 0) is 25.3 Å². The second kappa shape index (κ2) is 7.81. The normalized spacial score (nSPS) is 18.4. The summed E-state index contributed by atoms with van der Waals surface area (Å²) in [4.78, 5) is 39.9. The summed E-state index contributed by atoms with van der Waals surface area (Å²) in [5.74, 6) is 1.09. The Bertz CT molecular complexity index is 943. The van der Waals surface area contributed by atoms with Crippen LogP contribution in [0.25, 0.3) is 0 Å². The number of anilines is 2. The van der Waals surface area contributed by atoms with Crippen molar-refractivity contribution in [3.63, 3.8) is 0 Å². The molecule has 0 unspecified atom stereocenters. The number of benzene rings is 1. The summed E-state index contributed by atoms with van der Waals surface area (Å²) in [5, 5.41) is 0. The molecule has 0 saturated carbocycles. The smallest absolute Gasteiger partial charge is 0.327 e. The Labute approximate surface area is 175 Å². The molecular weight excluding hydrogens is 384 g/mol. The molecule has 2 aromatic rings. The predicted octanol–water partition coefficient (Wildman–Crippen LogP) is 1.89. The number of carbonyl (C=O) groups excluding carboxylic acids is 2. The Balaban J connectivity index is 1.59. The zero-order valence-corrected chi connectivity index (χ0v) is 17.2. The first-order chi connectivity index (χ1) is 14.5. The molecule has 0 bridgehead atoms. The maximum Gasteiger partial charge on any atom is 0.327 e. The van der Waals surface area contributed by atoms with E-state index in [0.29, 0.717) is 50.7 Å². The first-order valence-electron chi connectivity index (χ1n) is 10.1. The van der Waals surface area contributed by atoms with Gasteiger partial charge < -0.3 is 20.3 Å². The second-order valence-electron chi connectivity index (χ2n) is 7.55. The van der Waals surface area contributed by atoms with E-state index in [1.54, 1.807) is 11.0 Å². The van der Waals surface area contributed by atoms with Crippen molar-refractivity contribution < 1.29 is 14.3 Å². The van der Waals surface area contributed by atoms with Crippen LogP contribution in [0.1, 0.15) is 25.3 Å². The molecule has 1 aromatic heterocycles. The first kappa shape index (κ1) is 19.9. The Hall–Kier alpha value is -3.36. The average Bonchev–Trinajstić information content (AvgIpc) is 2.95. The molecule has 0 atom stereocenters. The van der Waals surface area contributed by atoms with E-state index in [-0.39, 0.29) is 17.9 Å². The number of rotatable bonds is 5. The maximum atomic E-state index is 13.3. The highest BCUT2D eigenvalue weighted by Crippen LogP contribution is 2.39. The standard InChI is InChI=1S/C21H26N6O3/c1-3-26-18(28)21(27(20(26)29)14-15-7-5-4-6-8-15)9-11-25(12-10-21)16-13-17(30-2)24-19(22)23-16/h4-8,13H,3,9-12,14H2,1-2H3,(H2,22,23,24). The van der Waals surface area contributed by atoms with Crippen LogP contribution < -0.4 is 15.4 Å². The number of amides is 3. The van der Waals surface area contributed by atoms with Crippen molar-refractivity contribution in [1.29, 1.82) is 0 Å². The number of likely N-dealkylation sites (N-methyl/N-ethyl adjacent to an activating group) is 1. The Morgan fingerprint density at radius 1 is 1.13 bits per heavy atom. The van der Waals surface area contributed by atoms with Gasteiger partial charge in [-0.25, -0.2) is 4.79 Å². The highest BCUT2D eigenvalue weighted by Gasteiger charge is 2.57. The van der Waals surface area contributed by atoms with Crippen LogP contribution >= 0.6 is 0 Å². The molecule has 3 heterocycles. The summed E-state index contributed by atoms with van der Waals surface area (Å²) in [6.45, 7) is 3.76. The minimum absolute atomic E-state index is 0.106. The minimum Gasteiger partial charge on any atom is -0.481 e.